The average molecular weight is 332 g/mol. The van der Waals surface area contributed by atoms with Crippen LogP contribution in [0.15, 0.2) is 41.4 Å². The largest absolute Gasteiger partial charge is 0.315 e. The molecule has 3 aromatic rings. The van der Waals surface area contributed by atoms with Gasteiger partial charge >= 0.3 is 0 Å². The minimum absolute atomic E-state index is 0.733. The molecule has 1 N–H and O–H groups in total. The summed E-state index contributed by atoms with van der Waals surface area (Å²) in [5.41, 5.74) is 2.37. The minimum atomic E-state index is 0.733. The van der Waals surface area contributed by atoms with E-state index in [-0.39, 0.29) is 0 Å². The first-order valence-electron chi connectivity index (χ1n) is 7.02. The molecule has 114 valence electrons. The van der Waals surface area contributed by atoms with Crippen molar-refractivity contribution in [3.8, 4) is 11.4 Å². The fourth-order valence-electron chi connectivity index (χ4n) is 2.40. The fourth-order valence-corrected chi connectivity index (χ4v) is 3.26. The third-order valence-corrected chi connectivity index (χ3v) is 4.70. The second-order valence-electron chi connectivity index (χ2n) is 5.32. The molecule has 3 heterocycles. The molecule has 0 aromatic carbocycles. The molecule has 0 fully saturated rings. The quantitative estimate of drug-likeness (QED) is 0.724. The van der Waals surface area contributed by atoms with Gasteiger partial charge in [0.15, 0.2) is 12.5 Å². The van der Waals surface area contributed by atoms with Gasteiger partial charge in [-0.1, -0.05) is 0 Å². The van der Waals surface area contributed by atoms with Crippen molar-refractivity contribution in [2.45, 2.75) is 13.2 Å². The highest BCUT2D eigenvalue weighted by Gasteiger charge is 2.13. The number of hydrogen-bond acceptors (Lipinski definition) is 4. The monoisotopic (exact) mass is 332 g/mol. The van der Waals surface area contributed by atoms with Crippen LogP contribution < -0.4 is 4.90 Å². The summed E-state index contributed by atoms with van der Waals surface area (Å²) in [6.45, 7) is 1.71. The van der Waals surface area contributed by atoms with Gasteiger partial charge in [-0.25, -0.2) is 0 Å². The SMILES string of the molecule is Cn1c(-c2ccncc2)nn(C[NH+](C)Cc2ccsc2)c1=S. The maximum atomic E-state index is 5.52. The van der Waals surface area contributed by atoms with Crippen LogP contribution in [0.25, 0.3) is 11.4 Å². The first-order chi connectivity index (χ1) is 10.6. The number of nitrogens with zero attached hydrogens (tertiary/aromatic N) is 4. The van der Waals surface area contributed by atoms with E-state index >= 15 is 0 Å². The van der Waals surface area contributed by atoms with Gasteiger partial charge in [-0.15, -0.1) is 5.10 Å². The molecular weight excluding hydrogens is 314 g/mol. The zero-order valence-corrected chi connectivity index (χ0v) is 14.2. The Balaban J connectivity index is 1.82. The number of nitrogens with one attached hydrogen (secondary N) is 1. The summed E-state index contributed by atoms with van der Waals surface area (Å²) in [5, 5.41) is 8.97. The molecular formula is C15H18N5S2+. The smallest absolute Gasteiger partial charge is 0.202 e. The Morgan fingerprint density at radius 1 is 1.27 bits per heavy atom. The first-order valence-corrected chi connectivity index (χ1v) is 8.37. The molecule has 3 rings (SSSR count). The summed E-state index contributed by atoms with van der Waals surface area (Å²) in [4.78, 5) is 5.39. The van der Waals surface area contributed by atoms with E-state index in [1.54, 1.807) is 23.7 Å². The maximum Gasteiger partial charge on any atom is 0.202 e. The number of aromatic nitrogens is 4. The summed E-state index contributed by atoms with van der Waals surface area (Å²) in [5.74, 6) is 0.871. The van der Waals surface area contributed by atoms with Gasteiger partial charge in [-0.3, -0.25) is 4.98 Å². The highest BCUT2D eigenvalue weighted by molar-refractivity contribution is 7.71. The standard InChI is InChI=1S/C15H17N5S2/c1-18(9-12-5-8-22-10-12)11-20-15(21)19(2)14(17-20)13-3-6-16-7-4-13/h3-8,10H,9,11H2,1-2H3/p+1. The van der Waals surface area contributed by atoms with Crippen LogP contribution in [-0.4, -0.2) is 26.4 Å². The third kappa shape index (κ3) is 3.16. The van der Waals surface area contributed by atoms with Crippen LogP contribution >= 0.6 is 23.6 Å². The van der Waals surface area contributed by atoms with E-state index in [9.17, 15) is 0 Å². The Kier molecular flexibility index (Phi) is 4.47. The van der Waals surface area contributed by atoms with Crippen molar-refractivity contribution >= 4 is 23.6 Å². The Labute approximate surface area is 138 Å². The van der Waals surface area contributed by atoms with Crippen LogP contribution in [0.3, 0.4) is 0 Å². The molecule has 0 aliphatic carbocycles. The van der Waals surface area contributed by atoms with Crippen molar-refractivity contribution in [3.63, 3.8) is 0 Å². The Hall–Kier alpha value is -1.83. The summed E-state index contributed by atoms with van der Waals surface area (Å²) >= 11 is 7.25. The number of hydrogen-bond donors (Lipinski definition) is 1. The lowest BCUT2D eigenvalue weighted by atomic mass is 10.2. The predicted molar refractivity (Wildman–Crippen MR) is 90.2 cm³/mol. The molecule has 7 heteroatoms. The molecule has 22 heavy (non-hydrogen) atoms. The van der Waals surface area contributed by atoms with E-state index in [0.29, 0.717) is 0 Å². The van der Waals surface area contributed by atoms with E-state index in [2.05, 4.69) is 34.0 Å². The molecule has 1 atom stereocenters. The lowest BCUT2D eigenvalue weighted by Gasteiger charge is -2.12. The van der Waals surface area contributed by atoms with Crippen molar-refractivity contribution in [3.05, 3.63) is 51.7 Å². The molecule has 0 radical (unpaired) electrons. The highest BCUT2D eigenvalue weighted by Crippen LogP contribution is 2.15. The summed E-state index contributed by atoms with van der Waals surface area (Å²) in [7, 11) is 4.11. The highest BCUT2D eigenvalue weighted by atomic mass is 32.1. The summed E-state index contributed by atoms with van der Waals surface area (Å²) in [6, 6.07) is 6.06. The van der Waals surface area contributed by atoms with Gasteiger partial charge in [0, 0.05) is 30.6 Å². The normalized spacial score (nSPS) is 12.5. The second kappa shape index (κ2) is 6.51. The topological polar surface area (TPSA) is 40.1 Å². The zero-order chi connectivity index (χ0) is 15.5. The Morgan fingerprint density at radius 2 is 2.05 bits per heavy atom. The van der Waals surface area contributed by atoms with Crippen molar-refractivity contribution < 1.29 is 4.90 Å². The zero-order valence-electron chi connectivity index (χ0n) is 12.6. The van der Waals surface area contributed by atoms with Gasteiger partial charge in [-0.05, 0) is 41.2 Å². The lowest BCUT2D eigenvalue weighted by Crippen LogP contribution is -3.06. The lowest BCUT2D eigenvalue weighted by molar-refractivity contribution is -0.917. The van der Waals surface area contributed by atoms with Gasteiger partial charge in [0.2, 0.25) is 4.77 Å². The average Bonchev–Trinajstić information content (AvgIpc) is 3.12. The maximum absolute atomic E-state index is 5.52. The molecule has 0 amide bonds. The minimum Gasteiger partial charge on any atom is -0.315 e. The van der Waals surface area contributed by atoms with Gasteiger partial charge < -0.3 is 9.47 Å². The predicted octanol–water partition coefficient (Wildman–Crippen LogP) is 1.75. The van der Waals surface area contributed by atoms with Crippen molar-refractivity contribution in [2.24, 2.45) is 7.05 Å². The van der Waals surface area contributed by atoms with Gasteiger partial charge in [0.05, 0.1) is 7.05 Å². The fraction of sp³-hybridized carbons (Fsp3) is 0.267. The first kappa shape index (κ1) is 15.1. The van der Waals surface area contributed by atoms with E-state index in [4.69, 9.17) is 12.2 Å². The number of rotatable bonds is 5. The molecule has 0 bridgehead atoms. The third-order valence-electron chi connectivity index (χ3n) is 3.49. The van der Waals surface area contributed by atoms with Crippen molar-refractivity contribution in [1.82, 2.24) is 19.3 Å². The van der Waals surface area contributed by atoms with Crippen LogP contribution in [0.1, 0.15) is 5.56 Å². The molecule has 5 nitrogen and oxygen atoms in total. The molecule has 0 aliphatic rings. The van der Waals surface area contributed by atoms with Gasteiger partial charge in [0.1, 0.15) is 6.54 Å². The molecule has 0 saturated carbocycles. The Bertz CT molecular complexity index is 789. The van der Waals surface area contributed by atoms with E-state index in [1.165, 1.54) is 10.5 Å². The Morgan fingerprint density at radius 3 is 2.73 bits per heavy atom. The molecule has 3 aromatic heterocycles. The van der Waals surface area contributed by atoms with E-state index < -0.39 is 0 Å². The number of quaternary nitrogens is 1. The number of pyridine rings is 1. The number of thiophene rings is 1. The van der Waals surface area contributed by atoms with Crippen LogP contribution in [0.2, 0.25) is 0 Å². The van der Waals surface area contributed by atoms with Crippen LogP contribution in [-0.2, 0) is 20.3 Å². The van der Waals surface area contributed by atoms with Crippen molar-refractivity contribution in [2.75, 3.05) is 7.05 Å². The molecule has 0 spiro atoms. The van der Waals surface area contributed by atoms with Crippen LogP contribution in [0.5, 0.6) is 0 Å². The van der Waals surface area contributed by atoms with Gasteiger partial charge in [0.25, 0.3) is 0 Å². The van der Waals surface area contributed by atoms with Crippen LogP contribution in [0.4, 0.5) is 0 Å². The van der Waals surface area contributed by atoms with Gasteiger partial charge in [-0.2, -0.15) is 16.0 Å². The van der Waals surface area contributed by atoms with E-state index in [0.717, 1.165) is 29.4 Å². The molecule has 0 saturated heterocycles. The molecule has 0 aliphatic heterocycles. The summed E-state index contributed by atoms with van der Waals surface area (Å²) < 4.78 is 4.58. The van der Waals surface area contributed by atoms with E-state index in [1.807, 2.05) is 28.4 Å². The second-order valence-corrected chi connectivity index (χ2v) is 6.47. The molecule has 1 unspecified atom stereocenters. The summed E-state index contributed by atoms with van der Waals surface area (Å²) in [6.07, 6.45) is 3.54. The van der Waals surface area contributed by atoms with Crippen LogP contribution in [0, 0.1) is 4.77 Å². The van der Waals surface area contributed by atoms with Crippen molar-refractivity contribution in [1.29, 1.82) is 0 Å².